The van der Waals surface area contributed by atoms with Gasteiger partial charge in [-0.05, 0) is 68.0 Å². The minimum Gasteiger partial charge on any atom is -0.370 e. The lowest BCUT2D eigenvalue weighted by molar-refractivity contribution is 0.0767. The average Bonchev–Trinajstić information content (AvgIpc) is 2.95. The number of aryl methyl sites for hydroxylation is 3. The zero-order valence-corrected chi connectivity index (χ0v) is 14.9. The van der Waals surface area contributed by atoms with Crippen LogP contribution >= 0.6 is 0 Å². The van der Waals surface area contributed by atoms with Crippen molar-refractivity contribution in [3.8, 4) is 0 Å². The number of fused-ring (bicyclic) bond motifs is 1. The quantitative estimate of drug-likeness (QED) is 0.845. The van der Waals surface area contributed by atoms with Gasteiger partial charge in [0.2, 0.25) is 0 Å². The van der Waals surface area contributed by atoms with E-state index in [0.717, 1.165) is 56.7 Å². The van der Waals surface area contributed by atoms with E-state index in [1.165, 1.54) is 23.2 Å². The fourth-order valence-corrected chi connectivity index (χ4v) is 3.99. The van der Waals surface area contributed by atoms with Gasteiger partial charge in [-0.25, -0.2) is 0 Å². The first-order valence-corrected chi connectivity index (χ1v) is 9.29. The van der Waals surface area contributed by atoms with Gasteiger partial charge in [0.05, 0.1) is 0 Å². The molecule has 0 N–H and O–H groups in total. The second-order valence-corrected chi connectivity index (χ2v) is 7.13. The summed E-state index contributed by atoms with van der Waals surface area (Å²) in [6.45, 7) is 5.48. The van der Waals surface area contributed by atoms with E-state index in [9.17, 15) is 4.79 Å². The number of hydrogen-bond donors (Lipinski definition) is 0. The maximum Gasteiger partial charge on any atom is 0.253 e. The predicted octanol–water partition coefficient (Wildman–Crippen LogP) is 3.23. The summed E-state index contributed by atoms with van der Waals surface area (Å²) >= 11 is 0. The van der Waals surface area contributed by atoms with Gasteiger partial charge >= 0.3 is 0 Å². The van der Waals surface area contributed by atoms with Crippen molar-refractivity contribution in [2.24, 2.45) is 0 Å². The number of hydrogen-bond acceptors (Lipinski definition) is 3. The summed E-state index contributed by atoms with van der Waals surface area (Å²) in [5.74, 6) is 0.183. The Morgan fingerprint density at radius 3 is 2.72 bits per heavy atom. The summed E-state index contributed by atoms with van der Waals surface area (Å²) in [5, 5.41) is 0. The molecule has 0 saturated carbocycles. The molecule has 4 rings (SSSR count). The van der Waals surface area contributed by atoms with Crippen LogP contribution in [0.5, 0.6) is 0 Å². The molecule has 130 valence electrons. The van der Waals surface area contributed by atoms with Crippen molar-refractivity contribution in [2.75, 3.05) is 31.1 Å². The molecular formula is C21H25N3O. The fourth-order valence-electron chi connectivity index (χ4n) is 3.99. The Kier molecular flexibility index (Phi) is 4.43. The number of nitrogens with zero attached hydrogens (tertiary/aromatic N) is 3. The smallest absolute Gasteiger partial charge is 0.253 e. The Morgan fingerprint density at radius 2 is 1.84 bits per heavy atom. The molecule has 2 heterocycles. The summed E-state index contributed by atoms with van der Waals surface area (Å²) < 4.78 is 0. The Hall–Kier alpha value is -2.36. The molecule has 2 aromatic rings. The van der Waals surface area contributed by atoms with Crippen LogP contribution < -0.4 is 4.90 Å². The van der Waals surface area contributed by atoms with E-state index in [0.29, 0.717) is 0 Å². The normalized spacial score (nSPS) is 17.3. The topological polar surface area (TPSA) is 36.4 Å². The lowest BCUT2D eigenvalue weighted by Crippen LogP contribution is -2.35. The lowest BCUT2D eigenvalue weighted by Gasteiger charge is -2.24. The van der Waals surface area contributed by atoms with Crippen molar-refractivity contribution < 1.29 is 4.79 Å². The van der Waals surface area contributed by atoms with Crippen LogP contribution in [-0.2, 0) is 12.8 Å². The number of aromatic nitrogens is 1. The molecule has 0 atom stereocenters. The third-order valence-electron chi connectivity index (χ3n) is 5.37. The fraction of sp³-hybridized carbons (Fsp3) is 0.429. The van der Waals surface area contributed by atoms with Gasteiger partial charge in [0.1, 0.15) is 0 Å². The second-order valence-electron chi connectivity index (χ2n) is 7.13. The number of benzene rings is 1. The van der Waals surface area contributed by atoms with Crippen molar-refractivity contribution in [2.45, 2.75) is 32.6 Å². The van der Waals surface area contributed by atoms with Crippen molar-refractivity contribution in [3.05, 3.63) is 58.9 Å². The average molecular weight is 335 g/mol. The largest absolute Gasteiger partial charge is 0.370 e. The summed E-state index contributed by atoms with van der Waals surface area (Å²) in [5.41, 5.74) is 5.89. The molecule has 2 aliphatic rings. The van der Waals surface area contributed by atoms with Crippen LogP contribution in [-0.4, -0.2) is 42.0 Å². The van der Waals surface area contributed by atoms with Crippen LogP contribution in [0.4, 0.5) is 5.69 Å². The Bertz CT molecular complexity index is 786. The first-order valence-electron chi connectivity index (χ1n) is 9.29. The number of anilines is 1. The minimum absolute atomic E-state index is 0.183. The zero-order chi connectivity index (χ0) is 17.2. The number of amides is 1. The molecule has 1 amide bonds. The van der Waals surface area contributed by atoms with Crippen LogP contribution in [0.2, 0.25) is 0 Å². The molecule has 1 saturated heterocycles. The van der Waals surface area contributed by atoms with Crippen LogP contribution in [0.15, 0.2) is 36.5 Å². The van der Waals surface area contributed by atoms with Crippen LogP contribution in [0.3, 0.4) is 0 Å². The van der Waals surface area contributed by atoms with Crippen molar-refractivity contribution in [1.29, 1.82) is 0 Å². The molecule has 4 nitrogen and oxygen atoms in total. The van der Waals surface area contributed by atoms with E-state index < -0.39 is 0 Å². The van der Waals surface area contributed by atoms with Gasteiger partial charge < -0.3 is 9.80 Å². The highest BCUT2D eigenvalue weighted by Crippen LogP contribution is 2.24. The van der Waals surface area contributed by atoms with Gasteiger partial charge in [0, 0.05) is 49.3 Å². The molecule has 1 aromatic heterocycles. The van der Waals surface area contributed by atoms with Crippen LogP contribution in [0.1, 0.15) is 40.0 Å². The van der Waals surface area contributed by atoms with Crippen LogP contribution in [0, 0.1) is 6.92 Å². The summed E-state index contributed by atoms with van der Waals surface area (Å²) in [6, 6.07) is 10.5. The summed E-state index contributed by atoms with van der Waals surface area (Å²) in [4.78, 5) is 21.6. The molecule has 4 heteroatoms. The molecule has 0 radical (unpaired) electrons. The molecule has 25 heavy (non-hydrogen) atoms. The Balaban J connectivity index is 1.46. The maximum absolute atomic E-state index is 12.9. The third kappa shape index (κ3) is 3.39. The van der Waals surface area contributed by atoms with Gasteiger partial charge in [-0.1, -0.05) is 6.07 Å². The molecular weight excluding hydrogens is 310 g/mol. The number of rotatable bonds is 2. The summed E-state index contributed by atoms with van der Waals surface area (Å²) in [6.07, 6.45) is 6.36. The molecule has 0 spiro atoms. The number of carbonyl (C=O) groups is 1. The Morgan fingerprint density at radius 1 is 0.960 bits per heavy atom. The highest BCUT2D eigenvalue weighted by atomic mass is 16.2. The second kappa shape index (κ2) is 6.87. The standard InChI is InChI=1S/C21H25N3O/c1-16-14-20(8-9-22-16)23-10-3-11-24(13-12-23)21(25)19-7-6-17-4-2-5-18(17)15-19/h6-9,14-15H,2-5,10-13H2,1H3. The third-order valence-corrected chi connectivity index (χ3v) is 5.37. The number of carbonyl (C=O) groups excluding carboxylic acids is 1. The van der Waals surface area contributed by atoms with Gasteiger partial charge in [0.25, 0.3) is 5.91 Å². The van der Waals surface area contributed by atoms with Gasteiger partial charge in [-0.15, -0.1) is 0 Å². The molecule has 1 aromatic carbocycles. The van der Waals surface area contributed by atoms with E-state index >= 15 is 0 Å². The zero-order valence-electron chi connectivity index (χ0n) is 14.9. The minimum atomic E-state index is 0.183. The van der Waals surface area contributed by atoms with Crippen molar-refractivity contribution >= 4 is 11.6 Å². The van der Waals surface area contributed by atoms with E-state index in [1.54, 1.807) is 0 Å². The van der Waals surface area contributed by atoms with Gasteiger partial charge in [-0.2, -0.15) is 0 Å². The number of pyridine rings is 1. The molecule has 0 bridgehead atoms. The van der Waals surface area contributed by atoms with E-state index in [4.69, 9.17) is 0 Å². The first-order chi connectivity index (χ1) is 12.2. The highest BCUT2D eigenvalue weighted by Gasteiger charge is 2.22. The maximum atomic E-state index is 12.9. The molecule has 1 fully saturated rings. The monoisotopic (exact) mass is 335 g/mol. The molecule has 1 aliphatic carbocycles. The highest BCUT2D eigenvalue weighted by molar-refractivity contribution is 5.94. The molecule has 0 unspecified atom stereocenters. The van der Waals surface area contributed by atoms with Crippen molar-refractivity contribution in [1.82, 2.24) is 9.88 Å². The van der Waals surface area contributed by atoms with Gasteiger partial charge in [-0.3, -0.25) is 9.78 Å². The predicted molar refractivity (Wildman–Crippen MR) is 100 cm³/mol. The lowest BCUT2D eigenvalue weighted by atomic mass is 10.1. The summed E-state index contributed by atoms with van der Waals surface area (Å²) in [7, 11) is 0. The molecule has 1 aliphatic heterocycles. The van der Waals surface area contributed by atoms with E-state index in [2.05, 4.69) is 34.1 Å². The van der Waals surface area contributed by atoms with Crippen LogP contribution in [0.25, 0.3) is 0 Å². The van der Waals surface area contributed by atoms with E-state index in [-0.39, 0.29) is 5.91 Å². The SMILES string of the molecule is Cc1cc(N2CCCN(C(=O)c3ccc4c(c3)CCC4)CC2)ccn1. The Labute approximate surface area is 149 Å². The van der Waals surface area contributed by atoms with Crippen molar-refractivity contribution in [3.63, 3.8) is 0 Å². The van der Waals surface area contributed by atoms with E-state index in [1.807, 2.05) is 24.1 Å². The first kappa shape index (κ1) is 16.1. The van der Waals surface area contributed by atoms with Gasteiger partial charge in [0.15, 0.2) is 0 Å².